The van der Waals surface area contributed by atoms with E-state index in [-0.39, 0.29) is 18.2 Å². The molecular weight excluding hydrogens is 258 g/mol. The van der Waals surface area contributed by atoms with Gasteiger partial charge in [0.1, 0.15) is 11.7 Å². The van der Waals surface area contributed by atoms with Crippen molar-refractivity contribution in [2.75, 3.05) is 0 Å². The number of aliphatic imine (C=N–C) groups is 1. The minimum Gasteiger partial charge on any atom is -0.232 e. The van der Waals surface area contributed by atoms with Crippen LogP contribution < -0.4 is 5.32 Å². The summed E-state index contributed by atoms with van der Waals surface area (Å²) in [6.07, 6.45) is 0. The van der Waals surface area contributed by atoms with Gasteiger partial charge in [0, 0.05) is 6.07 Å². The van der Waals surface area contributed by atoms with Crippen LogP contribution in [0.1, 0.15) is 6.92 Å². The summed E-state index contributed by atoms with van der Waals surface area (Å²) < 4.78 is 13.4. The first-order chi connectivity index (χ1) is 5.66. The van der Waals surface area contributed by atoms with Crippen molar-refractivity contribution in [2.24, 2.45) is 4.99 Å². The van der Waals surface area contributed by atoms with E-state index in [0.29, 0.717) is 16.0 Å². The molecule has 0 atom stereocenters. The van der Waals surface area contributed by atoms with Crippen LogP contribution in [0.5, 0.6) is 0 Å². The maximum Gasteiger partial charge on any atom is 0.139 e. The van der Waals surface area contributed by atoms with Crippen molar-refractivity contribution in [2.45, 2.75) is 6.92 Å². The van der Waals surface area contributed by atoms with E-state index in [9.17, 15) is 4.39 Å². The minimum absolute atomic E-state index is 0. The molecule has 1 aliphatic heterocycles. The van der Waals surface area contributed by atoms with Gasteiger partial charge in [-0.25, -0.2) is 14.7 Å². The third-order valence-electron chi connectivity index (χ3n) is 1.58. The molecule has 1 aromatic carbocycles. The van der Waals surface area contributed by atoms with Crippen LogP contribution in [-0.2, 0) is 0 Å². The predicted octanol–water partition coefficient (Wildman–Crippen LogP) is 3.31. The molecule has 13 heavy (non-hydrogen) atoms. The third kappa shape index (κ3) is 1.84. The van der Waals surface area contributed by atoms with Gasteiger partial charge in [0.05, 0.1) is 15.8 Å². The molecule has 0 spiro atoms. The zero-order chi connectivity index (χ0) is 8.72. The van der Waals surface area contributed by atoms with Gasteiger partial charge in [-0.3, -0.25) is 0 Å². The smallest absolute Gasteiger partial charge is 0.139 e. The van der Waals surface area contributed by atoms with Gasteiger partial charge in [-0.05, 0) is 28.9 Å². The second-order valence-electron chi connectivity index (χ2n) is 2.53. The number of hydrogen-bond donors (Lipinski definition) is 0. The monoisotopic (exact) mass is 263 g/mol. The van der Waals surface area contributed by atoms with Gasteiger partial charge >= 0.3 is 0 Å². The fourth-order valence-corrected chi connectivity index (χ4v) is 1.41. The number of nitrogens with zero attached hydrogens (tertiary/aromatic N) is 2. The largest absolute Gasteiger partial charge is 0.232 e. The predicted molar refractivity (Wildman–Crippen MR) is 55.9 cm³/mol. The van der Waals surface area contributed by atoms with Crippen LogP contribution in [0.15, 0.2) is 21.6 Å². The Bertz CT molecular complexity index is 379. The quantitative estimate of drug-likeness (QED) is 0.687. The van der Waals surface area contributed by atoms with Crippen LogP contribution in [0.2, 0.25) is 0 Å². The molecule has 0 amide bonds. The molecule has 0 N–H and O–H groups in total. The van der Waals surface area contributed by atoms with E-state index in [1.165, 1.54) is 6.07 Å². The van der Waals surface area contributed by atoms with E-state index in [1.54, 1.807) is 13.0 Å². The summed E-state index contributed by atoms with van der Waals surface area (Å²) in [6.45, 7) is 1.78. The Balaban J connectivity index is 0.000000845. The van der Waals surface area contributed by atoms with Crippen LogP contribution >= 0.6 is 28.3 Å². The van der Waals surface area contributed by atoms with Crippen molar-refractivity contribution in [3.63, 3.8) is 0 Å². The van der Waals surface area contributed by atoms with Crippen molar-refractivity contribution in [3.05, 3.63) is 22.4 Å². The molecule has 1 aliphatic rings. The number of rotatable bonds is 0. The lowest BCUT2D eigenvalue weighted by Crippen LogP contribution is -1.98. The Morgan fingerprint density at radius 3 is 2.69 bits per heavy atom. The van der Waals surface area contributed by atoms with Crippen molar-refractivity contribution < 1.29 is 4.39 Å². The molecule has 69 valence electrons. The van der Waals surface area contributed by atoms with E-state index in [0.717, 1.165) is 5.69 Å². The molecule has 0 fully saturated rings. The Morgan fingerprint density at radius 2 is 2.00 bits per heavy atom. The van der Waals surface area contributed by atoms with Crippen LogP contribution in [0, 0.1) is 5.82 Å². The molecule has 0 unspecified atom stereocenters. The molecule has 1 radical (unpaired) electrons. The van der Waals surface area contributed by atoms with E-state index < -0.39 is 0 Å². The summed E-state index contributed by atoms with van der Waals surface area (Å²) in [5.41, 5.74) is 1.33. The number of hydrogen-bond acceptors (Lipinski definition) is 1. The Labute approximate surface area is 89.8 Å². The molecule has 0 saturated carbocycles. The topological polar surface area (TPSA) is 26.5 Å². The Kier molecular flexibility index (Phi) is 2.93. The highest BCUT2D eigenvalue weighted by molar-refractivity contribution is 9.10. The molecule has 0 aromatic heterocycles. The lowest BCUT2D eigenvalue weighted by atomic mass is 10.3. The van der Waals surface area contributed by atoms with Crippen molar-refractivity contribution in [1.82, 2.24) is 5.32 Å². The van der Waals surface area contributed by atoms with E-state index in [2.05, 4.69) is 26.2 Å². The zero-order valence-corrected chi connectivity index (χ0v) is 9.12. The maximum atomic E-state index is 12.9. The second-order valence-corrected chi connectivity index (χ2v) is 3.38. The summed E-state index contributed by atoms with van der Waals surface area (Å²) in [5, 5.41) is 4.04. The average Bonchev–Trinajstić information content (AvgIpc) is 2.30. The standard InChI is InChI=1S/C8H5BrFN2.ClH/c1-4-11-7-2-5(9)6(10)3-8(7)12-4;/h2-3H,1H3;1H. The van der Waals surface area contributed by atoms with Crippen LogP contribution in [0.4, 0.5) is 15.8 Å². The van der Waals surface area contributed by atoms with E-state index >= 15 is 0 Å². The highest BCUT2D eigenvalue weighted by Gasteiger charge is 2.14. The van der Waals surface area contributed by atoms with Gasteiger partial charge in [-0.2, -0.15) is 0 Å². The summed E-state index contributed by atoms with van der Waals surface area (Å²) >= 11 is 3.08. The average molecular weight is 265 g/mol. The molecule has 2 rings (SSSR count). The lowest BCUT2D eigenvalue weighted by molar-refractivity contribution is 0.621. The van der Waals surface area contributed by atoms with Crippen molar-refractivity contribution >= 4 is 45.5 Å². The fraction of sp³-hybridized carbons (Fsp3) is 0.125. The minimum atomic E-state index is -0.303. The highest BCUT2D eigenvalue weighted by Crippen LogP contribution is 2.34. The molecule has 1 aromatic rings. The highest BCUT2D eigenvalue weighted by atomic mass is 79.9. The van der Waals surface area contributed by atoms with Gasteiger partial charge < -0.3 is 0 Å². The number of halogens is 3. The van der Waals surface area contributed by atoms with E-state index in [4.69, 9.17) is 0 Å². The van der Waals surface area contributed by atoms with Gasteiger partial charge in [-0.1, -0.05) is 0 Å². The summed E-state index contributed by atoms with van der Waals surface area (Å²) in [6, 6.07) is 3.00. The first-order valence-corrected chi connectivity index (χ1v) is 4.22. The normalized spacial score (nSPS) is 12.7. The number of amidine groups is 1. The van der Waals surface area contributed by atoms with Crippen molar-refractivity contribution in [3.8, 4) is 0 Å². The number of benzene rings is 1. The molecule has 0 aliphatic carbocycles. The first kappa shape index (κ1) is 10.5. The van der Waals surface area contributed by atoms with Gasteiger partial charge in [0.15, 0.2) is 0 Å². The summed E-state index contributed by atoms with van der Waals surface area (Å²) in [7, 11) is 0. The summed E-state index contributed by atoms with van der Waals surface area (Å²) in [5.74, 6) is 0.366. The molecule has 2 nitrogen and oxygen atoms in total. The zero-order valence-electron chi connectivity index (χ0n) is 6.71. The Morgan fingerprint density at radius 1 is 1.31 bits per heavy atom. The summed E-state index contributed by atoms with van der Waals surface area (Å²) in [4.78, 5) is 4.11. The Hall–Kier alpha value is -0.610. The van der Waals surface area contributed by atoms with Gasteiger partial charge in [-0.15, -0.1) is 12.4 Å². The maximum absolute atomic E-state index is 12.9. The van der Waals surface area contributed by atoms with Crippen LogP contribution in [0.25, 0.3) is 0 Å². The van der Waals surface area contributed by atoms with Crippen LogP contribution in [-0.4, -0.2) is 5.84 Å². The van der Waals surface area contributed by atoms with Gasteiger partial charge in [0.25, 0.3) is 0 Å². The van der Waals surface area contributed by atoms with E-state index in [1.807, 2.05) is 0 Å². The molecule has 1 heterocycles. The molecule has 0 bridgehead atoms. The third-order valence-corrected chi connectivity index (χ3v) is 2.19. The van der Waals surface area contributed by atoms with Gasteiger partial charge in [0.2, 0.25) is 0 Å². The second kappa shape index (κ2) is 3.64. The first-order valence-electron chi connectivity index (χ1n) is 3.43. The molecule has 5 heteroatoms. The molecular formula is C8H6BrClFN2. The van der Waals surface area contributed by atoms with Crippen LogP contribution in [0.3, 0.4) is 0 Å². The van der Waals surface area contributed by atoms with Crippen molar-refractivity contribution in [1.29, 1.82) is 0 Å². The lowest BCUT2D eigenvalue weighted by Gasteiger charge is -1.97. The SMILES string of the molecule is CC1=Nc2cc(Br)c(F)cc2[N]1.Cl. The molecule has 0 saturated heterocycles. The number of fused-ring (bicyclic) bond motifs is 1. The fourth-order valence-electron chi connectivity index (χ4n) is 1.08.